The Labute approximate surface area is 128 Å². The molecule has 2 saturated carbocycles. The van der Waals surface area contributed by atoms with Gasteiger partial charge in [-0.25, -0.2) is 4.79 Å². The third-order valence-electron chi connectivity index (χ3n) is 5.49. The van der Waals surface area contributed by atoms with Crippen LogP contribution in [0, 0.1) is 5.92 Å². The average Bonchev–Trinajstić information content (AvgIpc) is 3.18. The lowest BCUT2D eigenvalue weighted by Crippen LogP contribution is -2.51. The molecule has 0 bridgehead atoms. The zero-order valence-electron chi connectivity index (χ0n) is 13.3. The molecule has 3 aliphatic rings. The molecular weight excluding hydrogens is 264 g/mol. The van der Waals surface area contributed by atoms with E-state index in [4.69, 9.17) is 4.74 Å². The van der Waals surface area contributed by atoms with Crippen LogP contribution in [0.25, 0.3) is 0 Å². The molecule has 120 valence electrons. The summed E-state index contributed by atoms with van der Waals surface area (Å²) >= 11 is 0. The van der Waals surface area contributed by atoms with Gasteiger partial charge in [-0.2, -0.15) is 0 Å². The molecule has 4 heteroatoms. The quantitative estimate of drug-likeness (QED) is 0.817. The molecule has 1 saturated heterocycles. The van der Waals surface area contributed by atoms with Crippen molar-refractivity contribution in [2.45, 2.75) is 88.8 Å². The van der Waals surface area contributed by atoms with Gasteiger partial charge in [0.15, 0.2) is 0 Å². The molecule has 2 N–H and O–H groups in total. The van der Waals surface area contributed by atoms with Gasteiger partial charge >= 0.3 is 6.03 Å². The zero-order chi connectivity index (χ0) is 14.7. The van der Waals surface area contributed by atoms with Gasteiger partial charge in [-0.3, -0.25) is 0 Å². The summed E-state index contributed by atoms with van der Waals surface area (Å²) in [4.78, 5) is 12.2. The van der Waals surface area contributed by atoms with E-state index < -0.39 is 0 Å². The fourth-order valence-electron chi connectivity index (χ4n) is 4.01. The van der Waals surface area contributed by atoms with E-state index in [1.807, 2.05) is 0 Å². The van der Waals surface area contributed by atoms with Gasteiger partial charge in [-0.15, -0.1) is 0 Å². The zero-order valence-corrected chi connectivity index (χ0v) is 13.3. The smallest absolute Gasteiger partial charge is 0.315 e. The molecule has 1 aliphatic heterocycles. The molecule has 0 unspecified atom stereocenters. The van der Waals surface area contributed by atoms with Crippen molar-refractivity contribution in [3.8, 4) is 0 Å². The number of carbonyl (C=O) groups excluding carboxylic acids is 1. The van der Waals surface area contributed by atoms with Gasteiger partial charge in [0.05, 0.1) is 5.60 Å². The van der Waals surface area contributed by atoms with Gasteiger partial charge in [0.25, 0.3) is 0 Å². The highest BCUT2D eigenvalue weighted by Gasteiger charge is 2.40. The summed E-state index contributed by atoms with van der Waals surface area (Å²) in [5.74, 6) is 0.861. The summed E-state index contributed by atoms with van der Waals surface area (Å²) in [6.07, 6.45) is 11.7. The Morgan fingerprint density at radius 2 is 2.05 bits per heavy atom. The van der Waals surface area contributed by atoms with E-state index in [9.17, 15) is 4.79 Å². The predicted octanol–water partition coefficient (Wildman–Crippen LogP) is 3.36. The molecule has 0 aromatic rings. The van der Waals surface area contributed by atoms with Gasteiger partial charge in [0, 0.05) is 18.7 Å². The molecule has 21 heavy (non-hydrogen) atoms. The lowest BCUT2D eigenvalue weighted by Gasteiger charge is -2.38. The van der Waals surface area contributed by atoms with Gasteiger partial charge in [-0.1, -0.05) is 32.6 Å². The van der Waals surface area contributed by atoms with Crippen LogP contribution in [0.15, 0.2) is 0 Å². The standard InChI is InChI=1S/C17H30N2O2/c1-2-14(11-13-5-6-13)18-16(20)19-15-7-10-21-17(12-15)8-3-4-9-17/h13-15H,2-12H2,1H3,(H2,18,19,20)/t14-,15+/m0/s1. The Morgan fingerprint density at radius 1 is 1.29 bits per heavy atom. The molecule has 0 radical (unpaired) electrons. The maximum Gasteiger partial charge on any atom is 0.315 e. The lowest BCUT2D eigenvalue weighted by atomic mass is 9.89. The maximum absolute atomic E-state index is 12.2. The van der Waals surface area contributed by atoms with Gasteiger partial charge in [0.1, 0.15) is 0 Å². The number of hydrogen-bond acceptors (Lipinski definition) is 2. The number of ether oxygens (including phenoxy) is 1. The van der Waals surface area contributed by atoms with E-state index in [1.54, 1.807) is 0 Å². The Bertz CT molecular complexity index is 362. The van der Waals surface area contributed by atoms with E-state index in [1.165, 1.54) is 38.5 Å². The fourth-order valence-corrected chi connectivity index (χ4v) is 4.01. The van der Waals surface area contributed by atoms with Gasteiger partial charge in [0.2, 0.25) is 0 Å². The minimum atomic E-state index is 0.0301. The highest BCUT2D eigenvalue weighted by atomic mass is 16.5. The van der Waals surface area contributed by atoms with Crippen molar-refractivity contribution in [2.75, 3.05) is 6.61 Å². The number of urea groups is 1. The van der Waals surface area contributed by atoms with E-state index >= 15 is 0 Å². The summed E-state index contributed by atoms with van der Waals surface area (Å²) in [5.41, 5.74) is 0.0777. The second-order valence-corrected chi connectivity index (χ2v) is 7.33. The van der Waals surface area contributed by atoms with Crippen molar-refractivity contribution in [3.63, 3.8) is 0 Å². The highest BCUT2D eigenvalue weighted by molar-refractivity contribution is 5.74. The molecule has 2 atom stereocenters. The molecule has 1 spiro atoms. The first kappa shape index (κ1) is 15.1. The van der Waals surface area contributed by atoms with Crippen LogP contribution >= 0.6 is 0 Å². The number of amides is 2. The minimum Gasteiger partial charge on any atom is -0.375 e. The average molecular weight is 294 g/mol. The SMILES string of the molecule is CC[C@@H](CC1CC1)NC(=O)N[C@@H]1CCOC2(CCCC2)C1. The Hall–Kier alpha value is -0.770. The molecule has 4 nitrogen and oxygen atoms in total. The van der Waals surface area contributed by atoms with E-state index in [-0.39, 0.29) is 17.7 Å². The van der Waals surface area contributed by atoms with E-state index in [2.05, 4.69) is 17.6 Å². The summed E-state index contributed by atoms with van der Waals surface area (Å²) in [7, 11) is 0. The third-order valence-corrected chi connectivity index (χ3v) is 5.49. The molecular formula is C17H30N2O2. The summed E-state index contributed by atoms with van der Waals surface area (Å²) in [5, 5.41) is 6.37. The van der Waals surface area contributed by atoms with Crippen molar-refractivity contribution < 1.29 is 9.53 Å². The Balaban J connectivity index is 1.45. The fraction of sp³-hybridized carbons (Fsp3) is 0.941. The van der Waals surface area contributed by atoms with Crippen LogP contribution in [0.3, 0.4) is 0 Å². The Kier molecular flexibility index (Phi) is 4.72. The van der Waals surface area contributed by atoms with Crippen molar-refractivity contribution >= 4 is 6.03 Å². The summed E-state index contributed by atoms with van der Waals surface area (Å²) in [6, 6.07) is 0.663. The normalized spacial score (nSPS) is 29.3. The lowest BCUT2D eigenvalue weighted by molar-refractivity contribution is -0.0820. The first-order valence-electron chi connectivity index (χ1n) is 8.90. The van der Waals surface area contributed by atoms with Crippen molar-refractivity contribution in [2.24, 2.45) is 5.92 Å². The maximum atomic E-state index is 12.2. The van der Waals surface area contributed by atoms with Crippen LogP contribution in [0.4, 0.5) is 4.79 Å². The van der Waals surface area contributed by atoms with Crippen LogP contribution < -0.4 is 10.6 Å². The molecule has 0 aromatic carbocycles. The largest absolute Gasteiger partial charge is 0.375 e. The van der Waals surface area contributed by atoms with Crippen LogP contribution in [0.1, 0.15) is 71.1 Å². The Morgan fingerprint density at radius 3 is 2.71 bits per heavy atom. The number of rotatable bonds is 5. The number of hydrogen-bond donors (Lipinski definition) is 2. The van der Waals surface area contributed by atoms with Crippen LogP contribution in [-0.2, 0) is 4.74 Å². The molecule has 1 heterocycles. The summed E-state index contributed by atoms with van der Waals surface area (Å²) in [6.45, 7) is 2.96. The topological polar surface area (TPSA) is 50.4 Å². The van der Waals surface area contributed by atoms with Crippen LogP contribution in [-0.4, -0.2) is 30.3 Å². The highest BCUT2D eigenvalue weighted by Crippen LogP contribution is 2.40. The molecule has 2 aliphatic carbocycles. The first-order valence-corrected chi connectivity index (χ1v) is 8.90. The second-order valence-electron chi connectivity index (χ2n) is 7.33. The molecule has 2 amide bonds. The van der Waals surface area contributed by atoms with Gasteiger partial charge < -0.3 is 15.4 Å². The van der Waals surface area contributed by atoms with Crippen molar-refractivity contribution in [3.05, 3.63) is 0 Å². The minimum absolute atomic E-state index is 0.0301. The monoisotopic (exact) mass is 294 g/mol. The van der Waals surface area contributed by atoms with Crippen molar-refractivity contribution in [1.82, 2.24) is 10.6 Å². The molecule has 0 aromatic heterocycles. The second kappa shape index (κ2) is 6.55. The van der Waals surface area contributed by atoms with Crippen LogP contribution in [0.2, 0.25) is 0 Å². The van der Waals surface area contributed by atoms with E-state index in [0.717, 1.165) is 38.2 Å². The number of carbonyl (C=O) groups is 1. The molecule has 3 fully saturated rings. The van der Waals surface area contributed by atoms with Gasteiger partial charge in [-0.05, 0) is 44.4 Å². The summed E-state index contributed by atoms with van der Waals surface area (Å²) < 4.78 is 6.03. The van der Waals surface area contributed by atoms with Crippen LogP contribution in [0.5, 0.6) is 0 Å². The molecule has 3 rings (SSSR count). The van der Waals surface area contributed by atoms with E-state index in [0.29, 0.717) is 6.04 Å². The number of nitrogens with one attached hydrogen (secondary N) is 2. The first-order chi connectivity index (χ1) is 10.2. The third kappa shape index (κ3) is 4.12. The predicted molar refractivity (Wildman–Crippen MR) is 83.3 cm³/mol. The van der Waals surface area contributed by atoms with Crippen molar-refractivity contribution in [1.29, 1.82) is 0 Å².